The lowest BCUT2D eigenvalue weighted by Gasteiger charge is -2.03. The molecule has 0 N–H and O–H groups in total. The number of methoxy groups -OCH3 is 2. The average molecular weight is 212 g/mol. The molecule has 0 aliphatic carbocycles. The van der Waals surface area contributed by atoms with Crippen LogP contribution in [0.25, 0.3) is 0 Å². The summed E-state index contributed by atoms with van der Waals surface area (Å²) in [7, 11) is 2.55. The van der Waals surface area contributed by atoms with Crippen molar-refractivity contribution in [3.63, 3.8) is 0 Å². The molecule has 0 saturated carbocycles. The summed E-state index contributed by atoms with van der Waals surface area (Å²) in [4.78, 5) is 22.2. The van der Waals surface area contributed by atoms with E-state index in [-0.39, 0.29) is 12.0 Å². The molecule has 0 aromatic rings. The van der Waals surface area contributed by atoms with Gasteiger partial charge in [-0.2, -0.15) is 0 Å². The van der Waals surface area contributed by atoms with Gasteiger partial charge >= 0.3 is 11.9 Å². The van der Waals surface area contributed by atoms with E-state index in [1.165, 1.54) is 14.2 Å². The Morgan fingerprint density at radius 1 is 1.07 bits per heavy atom. The smallest absolute Gasteiger partial charge is 0.334 e. The summed E-state index contributed by atoms with van der Waals surface area (Å²) in [5.41, 5.74) is 1.31. The van der Waals surface area contributed by atoms with Crippen LogP contribution in [0.3, 0.4) is 0 Å². The van der Waals surface area contributed by atoms with Crippen molar-refractivity contribution in [2.24, 2.45) is 0 Å². The summed E-state index contributed by atoms with van der Waals surface area (Å²) in [5, 5.41) is 0. The van der Waals surface area contributed by atoms with Gasteiger partial charge in [-0.1, -0.05) is 17.7 Å². The van der Waals surface area contributed by atoms with Gasteiger partial charge in [-0.15, -0.1) is 0 Å². The maximum Gasteiger partial charge on any atom is 0.334 e. The van der Waals surface area contributed by atoms with Crippen LogP contribution in [0.2, 0.25) is 0 Å². The highest BCUT2D eigenvalue weighted by Crippen LogP contribution is 2.06. The minimum atomic E-state index is -0.516. The molecule has 0 saturated heterocycles. The van der Waals surface area contributed by atoms with Crippen LogP contribution in [-0.4, -0.2) is 26.2 Å². The molecule has 0 rings (SSSR count). The van der Waals surface area contributed by atoms with E-state index >= 15 is 0 Å². The fourth-order valence-electron chi connectivity index (χ4n) is 0.825. The van der Waals surface area contributed by atoms with Crippen LogP contribution in [-0.2, 0) is 19.1 Å². The van der Waals surface area contributed by atoms with Gasteiger partial charge in [0.1, 0.15) is 0 Å². The molecule has 15 heavy (non-hydrogen) atoms. The van der Waals surface area contributed by atoms with Gasteiger partial charge in [-0.3, -0.25) is 4.79 Å². The standard InChI is InChI=1S/C11H16O4/c1-8(2)5-6-9(11(13)15-4)7-10(12)14-3/h5-6H,7H2,1-4H3. The van der Waals surface area contributed by atoms with Crippen molar-refractivity contribution < 1.29 is 19.1 Å². The summed E-state index contributed by atoms with van der Waals surface area (Å²) >= 11 is 0. The van der Waals surface area contributed by atoms with E-state index in [4.69, 9.17) is 0 Å². The number of hydrogen-bond donors (Lipinski definition) is 0. The first-order chi connectivity index (χ1) is 7.01. The lowest BCUT2D eigenvalue weighted by atomic mass is 10.1. The highest BCUT2D eigenvalue weighted by Gasteiger charge is 2.13. The number of rotatable bonds is 4. The van der Waals surface area contributed by atoms with Crippen molar-refractivity contribution in [2.75, 3.05) is 14.2 Å². The van der Waals surface area contributed by atoms with Crippen molar-refractivity contribution in [3.8, 4) is 0 Å². The van der Waals surface area contributed by atoms with Crippen LogP contribution in [0.1, 0.15) is 20.3 Å². The van der Waals surface area contributed by atoms with Gasteiger partial charge in [0.05, 0.1) is 20.6 Å². The fourth-order valence-corrected chi connectivity index (χ4v) is 0.825. The quantitative estimate of drug-likeness (QED) is 0.403. The zero-order chi connectivity index (χ0) is 11.8. The fraction of sp³-hybridized carbons (Fsp3) is 0.455. The predicted octanol–water partition coefficient (Wildman–Crippen LogP) is 1.62. The molecule has 0 aromatic heterocycles. The summed E-state index contributed by atoms with van der Waals surface area (Å²) < 4.78 is 9.02. The van der Waals surface area contributed by atoms with E-state index in [9.17, 15) is 9.59 Å². The molecule has 0 fully saturated rings. The van der Waals surface area contributed by atoms with Crippen LogP contribution in [0.4, 0.5) is 0 Å². The third kappa shape index (κ3) is 5.67. The Morgan fingerprint density at radius 2 is 1.67 bits per heavy atom. The Morgan fingerprint density at radius 3 is 2.07 bits per heavy atom. The first-order valence-electron chi connectivity index (χ1n) is 4.50. The number of carbonyl (C=O) groups is 2. The molecule has 0 atom stereocenters. The number of ether oxygens (including phenoxy) is 2. The summed E-state index contributed by atoms with van der Waals surface area (Å²) in [5.74, 6) is -0.980. The van der Waals surface area contributed by atoms with E-state index in [1.54, 1.807) is 12.2 Å². The third-order valence-electron chi connectivity index (χ3n) is 1.63. The second-order valence-electron chi connectivity index (χ2n) is 3.18. The summed E-state index contributed by atoms with van der Waals surface area (Å²) in [6.07, 6.45) is 3.24. The molecule has 0 aliphatic heterocycles. The third-order valence-corrected chi connectivity index (χ3v) is 1.63. The molecular weight excluding hydrogens is 196 g/mol. The minimum absolute atomic E-state index is 0.0764. The zero-order valence-electron chi connectivity index (χ0n) is 9.49. The second kappa shape index (κ2) is 6.81. The largest absolute Gasteiger partial charge is 0.469 e. The van der Waals surface area contributed by atoms with Crippen molar-refractivity contribution >= 4 is 11.9 Å². The van der Waals surface area contributed by atoms with Crippen molar-refractivity contribution in [1.29, 1.82) is 0 Å². The highest BCUT2D eigenvalue weighted by molar-refractivity contribution is 5.94. The topological polar surface area (TPSA) is 52.6 Å². The molecule has 0 unspecified atom stereocenters. The monoisotopic (exact) mass is 212 g/mol. The number of esters is 2. The van der Waals surface area contributed by atoms with Crippen LogP contribution < -0.4 is 0 Å². The Bertz CT molecular complexity index is 296. The first-order valence-corrected chi connectivity index (χ1v) is 4.50. The van der Waals surface area contributed by atoms with Gasteiger partial charge in [0.25, 0.3) is 0 Å². The van der Waals surface area contributed by atoms with Crippen LogP contribution in [0.5, 0.6) is 0 Å². The van der Waals surface area contributed by atoms with E-state index in [0.717, 1.165) is 5.57 Å². The lowest BCUT2D eigenvalue weighted by Crippen LogP contribution is -2.10. The van der Waals surface area contributed by atoms with Gasteiger partial charge < -0.3 is 9.47 Å². The van der Waals surface area contributed by atoms with E-state index in [2.05, 4.69) is 9.47 Å². The molecule has 0 bridgehead atoms. The molecule has 0 heterocycles. The molecule has 4 nitrogen and oxygen atoms in total. The van der Waals surface area contributed by atoms with Crippen molar-refractivity contribution in [1.82, 2.24) is 0 Å². The maximum absolute atomic E-state index is 11.2. The molecule has 0 aromatic carbocycles. The van der Waals surface area contributed by atoms with Gasteiger partial charge in [-0.25, -0.2) is 4.79 Å². The number of carbonyl (C=O) groups excluding carboxylic acids is 2. The van der Waals surface area contributed by atoms with Crippen LogP contribution in [0, 0.1) is 0 Å². The van der Waals surface area contributed by atoms with E-state index < -0.39 is 11.9 Å². The summed E-state index contributed by atoms with van der Waals surface area (Å²) in [6, 6.07) is 0. The summed E-state index contributed by atoms with van der Waals surface area (Å²) in [6.45, 7) is 3.78. The molecular formula is C11H16O4. The lowest BCUT2D eigenvalue weighted by molar-refractivity contribution is -0.143. The normalized spacial score (nSPS) is 10.5. The number of hydrogen-bond acceptors (Lipinski definition) is 4. The minimum Gasteiger partial charge on any atom is -0.469 e. The molecule has 4 heteroatoms. The molecule has 0 radical (unpaired) electrons. The van der Waals surface area contributed by atoms with E-state index in [1.807, 2.05) is 13.8 Å². The Kier molecular flexibility index (Phi) is 6.09. The predicted molar refractivity (Wildman–Crippen MR) is 56.2 cm³/mol. The zero-order valence-corrected chi connectivity index (χ0v) is 9.49. The Labute approximate surface area is 89.6 Å². The second-order valence-corrected chi connectivity index (χ2v) is 3.18. The van der Waals surface area contributed by atoms with Crippen LogP contribution in [0.15, 0.2) is 23.3 Å². The van der Waals surface area contributed by atoms with Gasteiger partial charge in [0.15, 0.2) is 0 Å². The average Bonchev–Trinajstić information content (AvgIpc) is 2.22. The first kappa shape index (κ1) is 13.4. The molecule has 0 spiro atoms. The number of allylic oxidation sites excluding steroid dienone is 3. The molecule has 84 valence electrons. The Hall–Kier alpha value is -1.58. The van der Waals surface area contributed by atoms with Gasteiger partial charge in [0, 0.05) is 5.57 Å². The molecule has 0 amide bonds. The van der Waals surface area contributed by atoms with Gasteiger partial charge in [0.2, 0.25) is 0 Å². The van der Waals surface area contributed by atoms with Crippen LogP contribution >= 0.6 is 0 Å². The maximum atomic E-state index is 11.2. The SMILES string of the molecule is COC(=O)CC(=CC=C(C)C)C(=O)OC. The molecule has 0 aliphatic rings. The van der Waals surface area contributed by atoms with Crippen molar-refractivity contribution in [3.05, 3.63) is 23.3 Å². The van der Waals surface area contributed by atoms with E-state index in [0.29, 0.717) is 0 Å². The highest BCUT2D eigenvalue weighted by atomic mass is 16.5. The Balaban J connectivity index is 4.73. The van der Waals surface area contributed by atoms with Crippen molar-refractivity contribution in [2.45, 2.75) is 20.3 Å². The van der Waals surface area contributed by atoms with Gasteiger partial charge in [-0.05, 0) is 13.8 Å².